The minimum absolute atomic E-state index is 0.605. The molecule has 0 aliphatic carbocycles. The van der Waals surface area contributed by atoms with Crippen LogP contribution in [0, 0.1) is 0 Å². The van der Waals surface area contributed by atoms with Gasteiger partial charge in [-0.2, -0.15) is 0 Å². The first-order chi connectivity index (χ1) is 3.63. The largest absolute Gasteiger partial charge is 0.387 e. The van der Waals surface area contributed by atoms with E-state index in [-0.39, 0.29) is 0 Å². The van der Waals surface area contributed by atoms with E-state index >= 15 is 0 Å². The summed E-state index contributed by atoms with van der Waals surface area (Å²) in [6.45, 7) is 2.36. The Morgan fingerprint density at radius 2 is 2.62 bits per heavy atom. The number of aliphatic hydroxyl groups is 1. The number of halogens is 1. The summed E-state index contributed by atoms with van der Waals surface area (Å²) in [6.07, 6.45) is 1.76. The molecule has 0 fully saturated rings. The molecule has 3 heteroatoms. The summed E-state index contributed by atoms with van der Waals surface area (Å²) < 4.78 is 0.824. The van der Waals surface area contributed by atoms with Gasteiger partial charge < -0.3 is 10.4 Å². The Bertz CT molecular complexity index is 130. The van der Waals surface area contributed by atoms with Crippen LogP contribution in [0.15, 0.2) is 10.7 Å². The zero-order valence-electron chi connectivity index (χ0n) is 4.61. The van der Waals surface area contributed by atoms with Crippen LogP contribution in [-0.2, 0) is 0 Å². The molecule has 2 N–H and O–H groups in total. The average Bonchev–Trinajstić information content (AvgIpc) is 1.86. The van der Waals surface area contributed by atoms with Crippen LogP contribution in [0.25, 0.3) is 0 Å². The highest BCUT2D eigenvalue weighted by Crippen LogP contribution is 2.24. The summed E-state index contributed by atoms with van der Waals surface area (Å²) in [5.74, 6) is 0. The van der Waals surface area contributed by atoms with E-state index in [0.29, 0.717) is 6.54 Å². The molecule has 1 rings (SSSR count). The Labute approximate surface area is 56.7 Å². The second kappa shape index (κ2) is 1.74. The lowest BCUT2D eigenvalue weighted by molar-refractivity contribution is 0.121. The van der Waals surface area contributed by atoms with Gasteiger partial charge in [0.25, 0.3) is 0 Å². The monoisotopic (exact) mass is 177 g/mol. The summed E-state index contributed by atoms with van der Waals surface area (Å²) in [5.41, 5.74) is -0.681. The van der Waals surface area contributed by atoms with Gasteiger partial charge in [0.2, 0.25) is 0 Å². The van der Waals surface area contributed by atoms with Gasteiger partial charge in [0.15, 0.2) is 0 Å². The van der Waals surface area contributed by atoms with Crippen molar-refractivity contribution in [2.75, 3.05) is 6.54 Å². The van der Waals surface area contributed by atoms with Gasteiger partial charge in [0.1, 0.15) is 5.60 Å². The van der Waals surface area contributed by atoms with E-state index in [9.17, 15) is 5.11 Å². The fourth-order valence-corrected chi connectivity index (χ4v) is 0.881. The average molecular weight is 178 g/mol. The van der Waals surface area contributed by atoms with E-state index in [1.54, 1.807) is 13.1 Å². The van der Waals surface area contributed by atoms with Gasteiger partial charge >= 0.3 is 0 Å². The summed E-state index contributed by atoms with van der Waals surface area (Å²) in [5, 5.41) is 12.2. The smallest absolute Gasteiger partial charge is 0.112 e. The van der Waals surface area contributed by atoms with Crippen LogP contribution >= 0.6 is 15.9 Å². The molecule has 8 heavy (non-hydrogen) atoms. The second-order valence-corrected chi connectivity index (χ2v) is 3.00. The van der Waals surface area contributed by atoms with Crippen molar-refractivity contribution in [1.29, 1.82) is 0 Å². The third kappa shape index (κ3) is 0.880. The van der Waals surface area contributed by atoms with E-state index in [1.807, 2.05) is 0 Å². The van der Waals surface area contributed by atoms with Crippen molar-refractivity contribution >= 4 is 15.9 Å². The van der Waals surface area contributed by atoms with Crippen molar-refractivity contribution in [3.63, 3.8) is 0 Å². The second-order valence-electron chi connectivity index (χ2n) is 2.15. The van der Waals surface area contributed by atoms with Crippen LogP contribution in [0.2, 0.25) is 0 Å². The van der Waals surface area contributed by atoms with Crippen LogP contribution in [0.1, 0.15) is 6.92 Å². The maximum absolute atomic E-state index is 9.29. The molecule has 0 amide bonds. The first kappa shape index (κ1) is 6.11. The predicted octanol–water partition coefficient (Wildman–Crippen LogP) is 0.577. The summed E-state index contributed by atoms with van der Waals surface area (Å²) >= 11 is 3.21. The van der Waals surface area contributed by atoms with E-state index in [4.69, 9.17) is 0 Å². The van der Waals surface area contributed by atoms with Crippen LogP contribution in [0.3, 0.4) is 0 Å². The molecule has 0 radical (unpaired) electrons. The first-order valence-electron chi connectivity index (χ1n) is 2.45. The summed E-state index contributed by atoms with van der Waals surface area (Å²) in [7, 11) is 0. The van der Waals surface area contributed by atoms with E-state index < -0.39 is 5.60 Å². The van der Waals surface area contributed by atoms with Gasteiger partial charge in [-0.1, -0.05) is 15.9 Å². The molecule has 0 spiro atoms. The molecule has 1 aliphatic rings. The van der Waals surface area contributed by atoms with E-state index in [0.717, 1.165) is 4.48 Å². The van der Waals surface area contributed by atoms with Crippen LogP contribution < -0.4 is 5.32 Å². The molecule has 0 saturated heterocycles. The highest BCUT2D eigenvalue weighted by molar-refractivity contribution is 9.11. The number of nitrogens with one attached hydrogen (secondary N) is 1. The fourth-order valence-electron chi connectivity index (χ4n) is 0.579. The lowest BCUT2D eigenvalue weighted by Gasteiger charge is -2.14. The van der Waals surface area contributed by atoms with Crippen molar-refractivity contribution in [2.24, 2.45) is 0 Å². The third-order valence-electron chi connectivity index (χ3n) is 1.19. The van der Waals surface area contributed by atoms with E-state index in [2.05, 4.69) is 21.2 Å². The van der Waals surface area contributed by atoms with Crippen molar-refractivity contribution in [2.45, 2.75) is 12.5 Å². The molecule has 1 atom stereocenters. The topological polar surface area (TPSA) is 32.3 Å². The Hall–Kier alpha value is -0.0200. The lowest BCUT2D eigenvalue weighted by atomic mass is 10.1. The van der Waals surface area contributed by atoms with Gasteiger partial charge in [-0.3, -0.25) is 0 Å². The van der Waals surface area contributed by atoms with Crippen LogP contribution in [0.4, 0.5) is 0 Å². The molecular weight excluding hydrogens is 170 g/mol. The normalized spacial score (nSPS) is 36.6. The van der Waals surface area contributed by atoms with Gasteiger partial charge in [0, 0.05) is 17.2 Å². The number of hydrogen-bond donors (Lipinski definition) is 2. The molecule has 0 aromatic heterocycles. The molecule has 0 aromatic rings. The Morgan fingerprint density at radius 1 is 2.00 bits per heavy atom. The predicted molar refractivity (Wildman–Crippen MR) is 35.6 cm³/mol. The molecule has 0 saturated carbocycles. The van der Waals surface area contributed by atoms with Crippen molar-refractivity contribution in [3.05, 3.63) is 10.7 Å². The molecule has 46 valence electrons. The SMILES string of the molecule is C[C@@]1(O)CNC=C1Br. The molecule has 1 heterocycles. The number of hydrogen-bond acceptors (Lipinski definition) is 2. The Balaban J connectivity index is 2.73. The molecule has 0 unspecified atom stereocenters. The maximum Gasteiger partial charge on any atom is 0.112 e. The van der Waals surface area contributed by atoms with E-state index in [1.165, 1.54) is 0 Å². The maximum atomic E-state index is 9.29. The van der Waals surface area contributed by atoms with Gasteiger partial charge in [-0.15, -0.1) is 0 Å². The number of rotatable bonds is 0. The van der Waals surface area contributed by atoms with Crippen molar-refractivity contribution in [3.8, 4) is 0 Å². The zero-order chi connectivity index (χ0) is 6.20. The quantitative estimate of drug-likeness (QED) is 0.568. The standard InChI is InChI=1S/C5H8BrNO/c1-5(8)3-7-2-4(5)6/h2,7-8H,3H2,1H3/t5-/m1/s1. The van der Waals surface area contributed by atoms with Gasteiger partial charge in [0.05, 0.1) is 0 Å². The Morgan fingerprint density at radius 3 is 2.75 bits per heavy atom. The van der Waals surface area contributed by atoms with Gasteiger partial charge in [-0.25, -0.2) is 0 Å². The van der Waals surface area contributed by atoms with Crippen molar-refractivity contribution in [1.82, 2.24) is 5.32 Å². The molecule has 2 nitrogen and oxygen atoms in total. The summed E-state index contributed by atoms with van der Waals surface area (Å²) in [6, 6.07) is 0. The lowest BCUT2D eigenvalue weighted by Crippen LogP contribution is -2.29. The minimum atomic E-state index is -0.681. The highest BCUT2D eigenvalue weighted by Gasteiger charge is 2.27. The highest BCUT2D eigenvalue weighted by atomic mass is 79.9. The first-order valence-corrected chi connectivity index (χ1v) is 3.24. The molecule has 0 aromatic carbocycles. The minimum Gasteiger partial charge on any atom is -0.387 e. The molecule has 1 aliphatic heterocycles. The molecule has 0 bridgehead atoms. The molecular formula is C5H8BrNO. The van der Waals surface area contributed by atoms with Gasteiger partial charge in [-0.05, 0) is 6.92 Å². The number of β-amino-alcohol motifs (C(OH)–C–C–N with tert-alkyl or cyclic N) is 1. The van der Waals surface area contributed by atoms with Crippen molar-refractivity contribution < 1.29 is 5.11 Å². The van der Waals surface area contributed by atoms with Crippen LogP contribution in [0.5, 0.6) is 0 Å². The third-order valence-corrected chi connectivity index (χ3v) is 2.27. The summed E-state index contributed by atoms with van der Waals surface area (Å²) in [4.78, 5) is 0. The van der Waals surface area contributed by atoms with Crippen LogP contribution in [-0.4, -0.2) is 17.3 Å². The Kier molecular flexibility index (Phi) is 1.33. The zero-order valence-corrected chi connectivity index (χ0v) is 6.20. The fraction of sp³-hybridized carbons (Fsp3) is 0.600.